The SMILES string of the molecule is C[C@@H](NC(=O)O)C(=O)Nc1ccc(Oc2cccc3c2COC3)cc1. The number of hydrogen-bond acceptors (Lipinski definition) is 4. The fourth-order valence-corrected chi connectivity index (χ4v) is 2.50. The number of benzene rings is 2. The lowest BCUT2D eigenvalue weighted by Crippen LogP contribution is -2.40. The highest BCUT2D eigenvalue weighted by molar-refractivity contribution is 5.96. The summed E-state index contributed by atoms with van der Waals surface area (Å²) in [6, 6.07) is 11.8. The molecule has 3 N–H and O–H groups in total. The highest BCUT2D eigenvalue weighted by Crippen LogP contribution is 2.32. The van der Waals surface area contributed by atoms with Gasteiger partial charge in [-0.05, 0) is 42.8 Å². The Balaban J connectivity index is 1.64. The maximum absolute atomic E-state index is 11.9. The van der Waals surface area contributed by atoms with Crippen LogP contribution < -0.4 is 15.4 Å². The van der Waals surface area contributed by atoms with Crippen molar-refractivity contribution in [3.8, 4) is 11.5 Å². The summed E-state index contributed by atoms with van der Waals surface area (Å²) in [5.41, 5.74) is 2.73. The van der Waals surface area contributed by atoms with Gasteiger partial charge in [0.1, 0.15) is 17.5 Å². The Morgan fingerprint density at radius 3 is 2.64 bits per heavy atom. The van der Waals surface area contributed by atoms with Crippen molar-refractivity contribution in [2.75, 3.05) is 5.32 Å². The van der Waals surface area contributed by atoms with Crippen molar-refractivity contribution in [2.24, 2.45) is 0 Å². The number of hydrogen-bond donors (Lipinski definition) is 3. The number of carbonyl (C=O) groups excluding carboxylic acids is 1. The van der Waals surface area contributed by atoms with E-state index in [1.165, 1.54) is 6.92 Å². The van der Waals surface area contributed by atoms with Crippen LogP contribution in [0.2, 0.25) is 0 Å². The topological polar surface area (TPSA) is 96.9 Å². The van der Waals surface area contributed by atoms with Crippen LogP contribution in [0.25, 0.3) is 0 Å². The fourth-order valence-electron chi connectivity index (χ4n) is 2.50. The smallest absolute Gasteiger partial charge is 0.405 e. The number of nitrogens with one attached hydrogen (secondary N) is 2. The van der Waals surface area contributed by atoms with Gasteiger partial charge in [-0.2, -0.15) is 0 Å². The molecule has 1 atom stereocenters. The molecule has 7 nitrogen and oxygen atoms in total. The summed E-state index contributed by atoms with van der Waals surface area (Å²) in [4.78, 5) is 22.4. The van der Waals surface area contributed by atoms with Crippen molar-refractivity contribution < 1.29 is 24.2 Å². The monoisotopic (exact) mass is 342 g/mol. The number of carbonyl (C=O) groups is 2. The van der Waals surface area contributed by atoms with Gasteiger partial charge in [0, 0.05) is 11.3 Å². The summed E-state index contributed by atoms with van der Waals surface area (Å²) in [5, 5.41) is 13.4. The van der Waals surface area contributed by atoms with E-state index < -0.39 is 18.0 Å². The van der Waals surface area contributed by atoms with Gasteiger partial charge < -0.3 is 25.2 Å². The molecule has 3 rings (SSSR count). The van der Waals surface area contributed by atoms with Crippen LogP contribution in [0.15, 0.2) is 42.5 Å². The van der Waals surface area contributed by atoms with E-state index in [0.29, 0.717) is 24.7 Å². The molecule has 0 saturated carbocycles. The largest absolute Gasteiger partial charge is 0.465 e. The van der Waals surface area contributed by atoms with Gasteiger partial charge in [0.2, 0.25) is 5.91 Å². The summed E-state index contributed by atoms with van der Waals surface area (Å²) in [5.74, 6) is 0.954. The van der Waals surface area contributed by atoms with Gasteiger partial charge in [-0.1, -0.05) is 12.1 Å². The van der Waals surface area contributed by atoms with E-state index >= 15 is 0 Å². The number of amides is 2. The molecule has 0 bridgehead atoms. The second-order valence-corrected chi connectivity index (χ2v) is 5.67. The van der Waals surface area contributed by atoms with E-state index in [1.54, 1.807) is 24.3 Å². The molecule has 0 spiro atoms. The lowest BCUT2D eigenvalue weighted by Gasteiger charge is -2.13. The van der Waals surface area contributed by atoms with Crippen molar-refractivity contribution in [3.63, 3.8) is 0 Å². The summed E-state index contributed by atoms with van der Waals surface area (Å²) < 4.78 is 11.3. The number of anilines is 1. The first-order valence-corrected chi connectivity index (χ1v) is 7.79. The standard InChI is InChI=1S/C18H18N2O5/c1-11(19-18(22)23)17(21)20-13-5-7-14(8-6-13)25-16-4-2-3-12-9-24-10-15(12)16/h2-8,11,19H,9-10H2,1H3,(H,20,21)(H,22,23)/t11-/m1/s1. The normalized spacial score (nSPS) is 13.6. The van der Waals surface area contributed by atoms with Crippen LogP contribution in [0.5, 0.6) is 11.5 Å². The summed E-state index contributed by atoms with van der Waals surface area (Å²) >= 11 is 0. The molecule has 0 fully saturated rings. The summed E-state index contributed by atoms with van der Waals surface area (Å²) in [6.07, 6.45) is -1.24. The predicted octanol–water partition coefficient (Wildman–Crippen LogP) is 3.10. The van der Waals surface area contributed by atoms with Crippen LogP contribution in [0, 0.1) is 0 Å². The zero-order valence-corrected chi connectivity index (χ0v) is 13.6. The molecule has 0 aromatic heterocycles. The van der Waals surface area contributed by atoms with Crippen molar-refractivity contribution in [1.29, 1.82) is 0 Å². The number of fused-ring (bicyclic) bond motifs is 1. The maximum Gasteiger partial charge on any atom is 0.405 e. The molecule has 1 aliphatic heterocycles. The van der Waals surface area contributed by atoms with E-state index in [1.807, 2.05) is 18.2 Å². The average molecular weight is 342 g/mol. The van der Waals surface area contributed by atoms with Gasteiger partial charge in [0.15, 0.2) is 0 Å². The predicted molar refractivity (Wildman–Crippen MR) is 90.7 cm³/mol. The van der Waals surface area contributed by atoms with Gasteiger partial charge in [-0.15, -0.1) is 0 Å². The van der Waals surface area contributed by atoms with Crippen LogP contribution in [0.1, 0.15) is 18.1 Å². The van der Waals surface area contributed by atoms with Crippen LogP contribution in [-0.2, 0) is 22.7 Å². The van der Waals surface area contributed by atoms with Crippen molar-refractivity contribution in [1.82, 2.24) is 5.32 Å². The molecule has 1 heterocycles. The third-order valence-electron chi connectivity index (χ3n) is 3.82. The third kappa shape index (κ3) is 4.07. The number of rotatable bonds is 5. The van der Waals surface area contributed by atoms with Gasteiger partial charge in [-0.25, -0.2) is 4.79 Å². The Morgan fingerprint density at radius 1 is 1.16 bits per heavy atom. The van der Waals surface area contributed by atoms with E-state index in [9.17, 15) is 9.59 Å². The average Bonchev–Trinajstić information content (AvgIpc) is 3.05. The molecular formula is C18H18N2O5. The minimum atomic E-state index is -1.24. The minimum absolute atomic E-state index is 0.436. The van der Waals surface area contributed by atoms with Crippen LogP contribution in [0.4, 0.5) is 10.5 Å². The molecule has 0 unspecified atom stereocenters. The van der Waals surface area contributed by atoms with Gasteiger partial charge in [-0.3, -0.25) is 4.79 Å². The second-order valence-electron chi connectivity index (χ2n) is 5.67. The second kappa shape index (κ2) is 7.23. The third-order valence-corrected chi connectivity index (χ3v) is 3.82. The first kappa shape index (κ1) is 16.8. The fraction of sp³-hybridized carbons (Fsp3) is 0.222. The lowest BCUT2D eigenvalue weighted by molar-refractivity contribution is -0.117. The van der Waals surface area contributed by atoms with Crippen molar-refractivity contribution in [2.45, 2.75) is 26.2 Å². The molecule has 0 radical (unpaired) electrons. The van der Waals surface area contributed by atoms with Crippen molar-refractivity contribution >= 4 is 17.7 Å². The molecule has 2 aromatic carbocycles. The Kier molecular flexibility index (Phi) is 4.85. The minimum Gasteiger partial charge on any atom is -0.465 e. The number of carboxylic acid groups (broad SMARTS) is 1. The van der Waals surface area contributed by atoms with Gasteiger partial charge in [0.25, 0.3) is 0 Å². The van der Waals surface area contributed by atoms with Gasteiger partial charge >= 0.3 is 6.09 Å². The zero-order valence-electron chi connectivity index (χ0n) is 13.6. The van der Waals surface area contributed by atoms with E-state index in [-0.39, 0.29) is 0 Å². The molecule has 2 aromatic rings. The Morgan fingerprint density at radius 2 is 1.92 bits per heavy atom. The highest BCUT2D eigenvalue weighted by Gasteiger charge is 2.17. The van der Waals surface area contributed by atoms with E-state index in [4.69, 9.17) is 14.6 Å². The molecule has 0 aliphatic carbocycles. The molecule has 2 amide bonds. The number of ether oxygens (including phenoxy) is 2. The van der Waals surface area contributed by atoms with Crippen molar-refractivity contribution in [3.05, 3.63) is 53.6 Å². The van der Waals surface area contributed by atoms with Crippen LogP contribution in [0.3, 0.4) is 0 Å². The molecule has 1 aliphatic rings. The van der Waals surface area contributed by atoms with E-state index in [0.717, 1.165) is 16.9 Å². The molecule has 25 heavy (non-hydrogen) atoms. The molecule has 7 heteroatoms. The van der Waals surface area contributed by atoms with Gasteiger partial charge in [0.05, 0.1) is 13.2 Å². The first-order valence-electron chi connectivity index (χ1n) is 7.79. The Hall–Kier alpha value is -3.06. The van der Waals surface area contributed by atoms with E-state index in [2.05, 4.69) is 10.6 Å². The molecular weight excluding hydrogens is 324 g/mol. The Bertz CT molecular complexity index is 789. The van der Waals surface area contributed by atoms with Crippen LogP contribution in [-0.4, -0.2) is 23.1 Å². The zero-order chi connectivity index (χ0) is 17.8. The van der Waals surface area contributed by atoms with Crippen LogP contribution >= 0.6 is 0 Å². The summed E-state index contributed by atoms with van der Waals surface area (Å²) in [7, 11) is 0. The Labute approximate surface area is 144 Å². The maximum atomic E-state index is 11.9. The quantitative estimate of drug-likeness (QED) is 0.776. The summed E-state index contributed by atoms with van der Waals surface area (Å²) in [6.45, 7) is 2.60. The molecule has 130 valence electrons. The highest BCUT2D eigenvalue weighted by atomic mass is 16.5. The first-order chi connectivity index (χ1) is 12.0. The lowest BCUT2D eigenvalue weighted by atomic mass is 10.1. The molecule has 0 saturated heterocycles.